The van der Waals surface area contributed by atoms with Gasteiger partial charge in [-0.25, -0.2) is 9.78 Å². The van der Waals surface area contributed by atoms with Crippen molar-refractivity contribution in [1.82, 2.24) is 0 Å². The van der Waals surface area contributed by atoms with Gasteiger partial charge in [0.2, 0.25) is 0 Å². The predicted octanol–water partition coefficient (Wildman–Crippen LogP) is 4.43. The summed E-state index contributed by atoms with van der Waals surface area (Å²) in [6.07, 6.45) is 0. The maximum absolute atomic E-state index is 9.11. The summed E-state index contributed by atoms with van der Waals surface area (Å²) < 4.78 is 0. The zero-order chi connectivity index (χ0) is 15.8. The van der Waals surface area contributed by atoms with Crippen molar-refractivity contribution in [3.63, 3.8) is 0 Å². The summed E-state index contributed by atoms with van der Waals surface area (Å²) in [6, 6.07) is 5.89. The van der Waals surface area contributed by atoms with Crippen LogP contribution in [0.15, 0.2) is 18.2 Å². The maximum Gasteiger partial charge on any atom is 0.123 e. The van der Waals surface area contributed by atoms with Crippen LogP contribution in [0.4, 0.5) is 0 Å². The van der Waals surface area contributed by atoms with Crippen molar-refractivity contribution >= 4 is 0 Å². The number of hydrogen-bond acceptors (Lipinski definition) is 4. The SMILES string of the molecule is CC(C)(C)c1cc(C(C)(C)OO)cc(C(C)(C)OO)c1. The smallest absolute Gasteiger partial charge is 0.123 e. The van der Waals surface area contributed by atoms with E-state index in [0.29, 0.717) is 0 Å². The zero-order valence-corrected chi connectivity index (χ0v) is 13.4. The molecule has 4 nitrogen and oxygen atoms in total. The molecule has 0 aliphatic rings. The van der Waals surface area contributed by atoms with Gasteiger partial charge < -0.3 is 0 Å². The van der Waals surface area contributed by atoms with Crippen LogP contribution in [0.3, 0.4) is 0 Å². The molecule has 0 spiro atoms. The van der Waals surface area contributed by atoms with E-state index >= 15 is 0 Å². The van der Waals surface area contributed by atoms with Crippen molar-refractivity contribution in [1.29, 1.82) is 0 Å². The van der Waals surface area contributed by atoms with Gasteiger partial charge in [0.25, 0.3) is 0 Å². The lowest BCUT2D eigenvalue weighted by molar-refractivity contribution is -0.320. The van der Waals surface area contributed by atoms with Gasteiger partial charge in [-0.1, -0.05) is 32.9 Å². The Bertz CT molecular complexity index is 436. The summed E-state index contributed by atoms with van der Waals surface area (Å²) in [5, 5.41) is 18.2. The van der Waals surface area contributed by atoms with Gasteiger partial charge in [-0.3, -0.25) is 10.5 Å². The quantitative estimate of drug-likeness (QED) is 0.633. The molecule has 1 aromatic rings. The minimum atomic E-state index is -0.832. The lowest BCUT2D eigenvalue weighted by Gasteiger charge is -2.30. The van der Waals surface area contributed by atoms with E-state index in [-0.39, 0.29) is 5.41 Å². The van der Waals surface area contributed by atoms with E-state index in [1.807, 2.05) is 18.2 Å². The molecule has 1 aromatic carbocycles. The largest absolute Gasteiger partial charge is 0.251 e. The van der Waals surface area contributed by atoms with E-state index < -0.39 is 11.2 Å². The van der Waals surface area contributed by atoms with Crippen LogP contribution in [-0.4, -0.2) is 10.5 Å². The molecule has 0 heterocycles. The highest BCUT2D eigenvalue weighted by atomic mass is 17.1. The van der Waals surface area contributed by atoms with Crippen molar-refractivity contribution in [2.75, 3.05) is 0 Å². The van der Waals surface area contributed by atoms with E-state index in [4.69, 9.17) is 10.5 Å². The average Bonchev–Trinajstić information content (AvgIpc) is 2.37. The Balaban J connectivity index is 3.52. The lowest BCUT2D eigenvalue weighted by Crippen LogP contribution is -2.26. The molecule has 0 unspecified atom stereocenters. The predicted molar refractivity (Wildman–Crippen MR) is 78.6 cm³/mol. The Kier molecular flexibility index (Phi) is 4.66. The van der Waals surface area contributed by atoms with E-state index in [9.17, 15) is 0 Å². The fourth-order valence-electron chi connectivity index (χ4n) is 1.86. The van der Waals surface area contributed by atoms with Crippen LogP contribution in [0.25, 0.3) is 0 Å². The summed E-state index contributed by atoms with van der Waals surface area (Å²) in [5.41, 5.74) is 1.01. The molecule has 0 radical (unpaired) electrons. The molecule has 0 saturated heterocycles. The summed E-state index contributed by atoms with van der Waals surface area (Å²) in [7, 11) is 0. The van der Waals surface area contributed by atoms with Crippen LogP contribution >= 0.6 is 0 Å². The summed E-state index contributed by atoms with van der Waals surface area (Å²) in [4.78, 5) is 9.18. The normalized spacial score (nSPS) is 13.7. The molecule has 0 amide bonds. The monoisotopic (exact) mass is 282 g/mol. The molecular formula is C16H26O4. The molecule has 0 aliphatic carbocycles. The molecule has 0 atom stereocenters. The first kappa shape index (κ1) is 17.1. The minimum absolute atomic E-state index is 0.0676. The van der Waals surface area contributed by atoms with E-state index in [0.717, 1.165) is 16.7 Å². The Labute approximate surface area is 121 Å². The third-order valence-corrected chi connectivity index (χ3v) is 3.65. The second-order valence-electron chi connectivity index (χ2n) is 7.25. The van der Waals surface area contributed by atoms with Gasteiger partial charge >= 0.3 is 0 Å². The molecule has 1 rings (SSSR count). The van der Waals surface area contributed by atoms with E-state index in [2.05, 4.69) is 30.5 Å². The Hall–Kier alpha value is -0.940. The number of rotatable bonds is 4. The number of benzene rings is 1. The first-order valence-electron chi connectivity index (χ1n) is 6.76. The van der Waals surface area contributed by atoms with Crippen LogP contribution in [0.2, 0.25) is 0 Å². The standard InChI is InChI=1S/C16H26O4/c1-14(2,3)11-8-12(15(4,5)19-17)10-13(9-11)16(6,7)20-18/h8-10,17-18H,1-7H3. The molecule has 0 fully saturated rings. The van der Waals surface area contributed by atoms with Crippen molar-refractivity contribution in [2.24, 2.45) is 0 Å². The molecule has 20 heavy (non-hydrogen) atoms. The van der Waals surface area contributed by atoms with E-state index in [1.54, 1.807) is 27.7 Å². The van der Waals surface area contributed by atoms with Gasteiger partial charge in [-0.2, -0.15) is 0 Å². The lowest BCUT2D eigenvalue weighted by atomic mass is 9.80. The fraction of sp³-hybridized carbons (Fsp3) is 0.625. The number of hydrogen-bond donors (Lipinski definition) is 2. The first-order valence-corrected chi connectivity index (χ1v) is 6.76. The van der Waals surface area contributed by atoms with Gasteiger partial charge in [-0.15, -0.1) is 0 Å². The highest BCUT2D eigenvalue weighted by Gasteiger charge is 2.29. The van der Waals surface area contributed by atoms with Gasteiger partial charge in [0.15, 0.2) is 0 Å². The maximum atomic E-state index is 9.11. The molecule has 0 bridgehead atoms. The molecule has 2 N–H and O–H groups in total. The molecule has 0 aliphatic heterocycles. The van der Waals surface area contributed by atoms with Gasteiger partial charge in [0, 0.05) is 0 Å². The topological polar surface area (TPSA) is 58.9 Å². The van der Waals surface area contributed by atoms with Crippen LogP contribution in [0, 0.1) is 0 Å². The Morgan fingerprint density at radius 1 is 0.650 bits per heavy atom. The molecule has 0 aromatic heterocycles. The molecule has 4 heteroatoms. The van der Waals surface area contributed by atoms with Crippen LogP contribution in [-0.2, 0) is 26.4 Å². The van der Waals surface area contributed by atoms with E-state index in [1.165, 1.54) is 0 Å². The second kappa shape index (κ2) is 5.45. The first-order chi connectivity index (χ1) is 8.94. The van der Waals surface area contributed by atoms with Crippen LogP contribution < -0.4 is 0 Å². The second-order valence-corrected chi connectivity index (χ2v) is 7.25. The van der Waals surface area contributed by atoms with Crippen LogP contribution in [0.1, 0.15) is 65.2 Å². The molecular weight excluding hydrogens is 256 g/mol. The van der Waals surface area contributed by atoms with Gasteiger partial charge in [0.1, 0.15) is 11.2 Å². The Morgan fingerprint density at radius 2 is 0.950 bits per heavy atom. The van der Waals surface area contributed by atoms with Crippen molar-refractivity contribution in [3.05, 3.63) is 34.9 Å². The Morgan fingerprint density at radius 3 is 1.20 bits per heavy atom. The molecule has 0 saturated carbocycles. The summed E-state index contributed by atoms with van der Waals surface area (Å²) >= 11 is 0. The highest BCUT2D eigenvalue weighted by Crippen LogP contribution is 2.35. The van der Waals surface area contributed by atoms with Crippen LogP contribution in [0.5, 0.6) is 0 Å². The van der Waals surface area contributed by atoms with Gasteiger partial charge in [0.05, 0.1) is 0 Å². The minimum Gasteiger partial charge on any atom is -0.251 e. The average molecular weight is 282 g/mol. The van der Waals surface area contributed by atoms with Gasteiger partial charge in [-0.05, 0) is 55.9 Å². The summed E-state index contributed by atoms with van der Waals surface area (Å²) in [6.45, 7) is 13.5. The third kappa shape index (κ3) is 3.58. The van der Waals surface area contributed by atoms with Crippen molar-refractivity contribution in [3.8, 4) is 0 Å². The van der Waals surface area contributed by atoms with Crippen molar-refractivity contribution in [2.45, 2.75) is 65.1 Å². The molecule has 114 valence electrons. The summed E-state index contributed by atoms with van der Waals surface area (Å²) in [5.74, 6) is 0. The highest BCUT2D eigenvalue weighted by molar-refractivity contribution is 5.38. The fourth-order valence-corrected chi connectivity index (χ4v) is 1.86. The van der Waals surface area contributed by atoms with Crippen molar-refractivity contribution < 1.29 is 20.3 Å². The zero-order valence-electron chi connectivity index (χ0n) is 13.4. The third-order valence-electron chi connectivity index (χ3n) is 3.65.